The number of piperazine rings is 1. The highest BCUT2D eigenvalue weighted by atomic mass is 35.5. The van der Waals surface area contributed by atoms with Crippen LogP contribution in [0.1, 0.15) is 90.0 Å². The summed E-state index contributed by atoms with van der Waals surface area (Å²) >= 11 is 6.35. The Bertz CT molecular complexity index is 1900. The molecule has 13 nitrogen and oxygen atoms in total. The van der Waals surface area contributed by atoms with E-state index in [1.165, 1.54) is 11.3 Å². The van der Waals surface area contributed by atoms with E-state index in [4.69, 9.17) is 21.1 Å². The molecular weight excluding hydrogens is 754 g/mol. The van der Waals surface area contributed by atoms with Gasteiger partial charge in [0.1, 0.15) is 23.4 Å². The fourth-order valence-electron chi connectivity index (χ4n) is 9.80. The van der Waals surface area contributed by atoms with Gasteiger partial charge in [0.25, 0.3) is 5.54 Å². The van der Waals surface area contributed by atoms with E-state index in [0.717, 1.165) is 152 Å². The molecule has 0 bridgehead atoms. The number of ether oxygens (including phenoxy) is 2. The molecule has 0 unspecified atom stereocenters. The van der Waals surface area contributed by atoms with Gasteiger partial charge in [-0.15, -0.1) is 4.58 Å². The smallest absolute Gasteiger partial charge is 0.406 e. The number of carbonyl (C=O) groups excluding carboxylic acids is 2. The van der Waals surface area contributed by atoms with Gasteiger partial charge in [-0.05, 0) is 109 Å². The fourth-order valence-corrected chi connectivity index (χ4v) is 9.93. The van der Waals surface area contributed by atoms with Gasteiger partial charge in [0.15, 0.2) is 0 Å². The summed E-state index contributed by atoms with van der Waals surface area (Å²) in [7, 11) is 0. The zero-order valence-corrected chi connectivity index (χ0v) is 35.5. The van der Waals surface area contributed by atoms with Crippen molar-refractivity contribution in [3.05, 3.63) is 53.4 Å². The van der Waals surface area contributed by atoms with Crippen molar-refractivity contribution in [2.45, 2.75) is 108 Å². The number of hydrogen-bond donors (Lipinski definition) is 2. The van der Waals surface area contributed by atoms with E-state index in [1.807, 2.05) is 49.7 Å². The number of amides is 2. The number of aromatic amines is 1. The Balaban J connectivity index is 0.849. The third kappa shape index (κ3) is 9.70. The van der Waals surface area contributed by atoms with Crippen molar-refractivity contribution in [2.75, 3.05) is 83.4 Å². The number of hydrogen-bond acceptors (Lipinski definition) is 10. The summed E-state index contributed by atoms with van der Waals surface area (Å²) in [4.78, 5) is 48.6. The van der Waals surface area contributed by atoms with Crippen LogP contribution in [-0.2, 0) is 14.3 Å². The van der Waals surface area contributed by atoms with Crippen molar-refractivity contribution in [1.29, 1.82) is 0 Å². The molecule has 5 aliphatic rings. The number of aromatic nitrogens is 3. The molecular formula is C44H63ClN9O4+. The Morgan fingerprint density at radius 3 is 2.31 bits per heavy atom. The van der Waals surface area contributed by atoms with E-state index in [1.54, 1.807) is 6.33 Å². The molecule has 0 radical (unpaired) electrons. The molecule has 0 saturated carbocycles. The minimum absolute atomic E-state index is 0.243. The summed E-state index contributed by atoms with van der Waals surface area (Å²) in [6, 6.07) is 10.3. The van der Waals surface area contributed by atoms with Crippen LogP contribution in [-0.4, -0.2) is 154 Å². The number of carbonyl (C=O) groups is 2. The average molecular weight is 817 g/mol. The molecule has 1 spiro atoms. The number of piperidine rings is 3. The normalized spacial score (nSPS) is 21.9. The summed E-state index contributed by atoms with van der Waals surface area (Å²) in [6.07, 6.45) is 12.6. The standard InChI is InChI=1S/C44H63ClN9O4/c1-43(2,3)58-42(56)54-38(44(54)16-24-53(25-17-44)41-37-12-20-47-40(37)48-31-49-41)9-6-33(32-4-7-34(45)8-5-32)13-21-50-26-28-52(29-27-50)39(55)30-51-22-14-36(15-23-51)57-35-10-18-46-19-11-35/h4-5,7-8,12,20,31,33,35-36,46H,6,9-11,13-19,21-30H2,1-3H3,(H,47,48,49)/q+1/t33-/m0/s1. The highest BCUT2D eigenvalue weighted by molar-refractivity contribution is 6.30. The second-order valence-electron chi connectivity index (χ2n) is 18.1. The summed E-state index contributed by atoms with van der Waals surface area (Å²) < 4.78 is 14.3. The van der Waals surface area contributed by atoms with Crippen LogP contribution in [0.3, 0.4) is 0 Å². The van der Waals surface area contributed by atoms with Crippen molar-refractivity contribution in [3.63, 3.8) is 0 Å². The van der Waals surface area contributed by atoms with E-state index in [9.17, 15) is 9.59 Å². The predicted molar refractivity (Wildman–Crippen MR) is 227 cm³/mol. The highest BCUT2D eigenvalue weighted by Gasteiger charge is 2.70. The highest BCUT2D eigenvalue weighted by Crippen LogP contribution is 2.43. The molecule has 2 aromatic heterocycles. The first-order valence-corrected chi connectivity index (χ1v) is 22.2. The molecule has 2 N–H and O–H groups in total. The minimum atomic E-state index is -0.577. The van der Waals surface area contributed by atoms with Crippen LogP contribution >= 0.6 is 11.6 Å². The number of anilines is 1. The average Bonchev–Trinajstić information content (AvgIpc) is 3.54. The Labute approximate surface area is 348 Å². The van der Waals surface area contributed by atoms with Gasteiger partial charge in [-0.3, -0.25) is 14.6 Å². The lowest BCUT2D eigenvalue weighted by Crippen LogP contribution is -2.52. The van der Waals surface area contributed by atoms with Gasteiger partial charge >= 0.3 is 6.09 Å². The number of halogens is 1. The first-order chi connectivity index (χ1) is 28.0. The summed E-state index contributed by atoms with van der Waals surface area (Å²) in [5.41, 5.74) is 2.43. The first-order valence-electron chi connectivity index (χ1n) is 21.8. The lowest BCUT2D eigenvalue weighted by Gasteiger charge is -2.38. The number of benzene rings is 1. The van der Waals surface area contributed by atoms with Crippen LogP contribution in [0.5, 0.6) is 0 Å². The SMILES string of the molecule is CC(C)(C)OC(=O)[N+]1=C(CC[C@@H](CCN2CCN(C(=O)CN3CCC(OC4CCNCC4)CC3)CC2)c2ccc(Cl)cc2)C12CCN(c1ncnc3[nH]ccc13)CC2. The molecule has 4 fully saturated rings. The number of likely N-dealkylation sites (tertiary alicyclic amines) is 1. The molecule has 8 rings (SSSR count). The number of fused-ring (bicyclic) bond motifs is 1. The molecule has 2 amide bonds. The van der Waals surface area contributed by atoms with Crippen molar-refractivity contribution in [1.82, 2.24) is 35.0 Å². The molecule has 7 heterocycles. The van der Waals surface area contributed by atoms with Crippen molar-refractivity contribution in [3.8, 4) is 0 Å². The lowest BCUT2D eigenvalue weighted by atomic mass is 9.85. The first kappa shape index (κ1) is 41.1. The third-order valence-electron chi connectivity index (χ3n) is 13.1. The lowest BCUT2D eigenvalue weighted by molar-refractivity contribution is -0.434. The van der Waals surface area contributed by atoms with E-state index < -0.39 is 5.60 Å². The van der Waals surface area contributed by atoms with Crippen LogP contribution in [0.25, 0.3) is 11.0 Å². The van der Waals surface area contributed by atoms with Gasteiger partial charge in [-0.1, -0.05) is 23.7 Å². The quantitative estimate of drug-likeness (QED) is 0.221. The maximum absolute atomic E-state index is 13.7. The maximum Gasteiger partial charge on any atom is 0.598 e. The van der Waals surface area contributed by atoms with Crippen molar-refractivity contribution >= 4 is 46.2 Å². The zero-order valence-electron chi connectivity index (χ0n) is 34.8. The van der Waals surface area contributed by atoms with Crippen LogP contribution in [0, 0.1) is 0 Å². The Kier molecular flexibility index (Phi) is 12.7. The third-order valence-corrected chi connectivity index (χ3v) is 13.4. The summed E-state index contributed by atoms with van der Waals surface area (Å²) in [5.74, 6) is 1.49. The Morgan fingerprint density at radius 1 is 0.897 bits per heavy atom. The minimum Gasteiger partial charge on any atom is -0.406 e. The molecule has 1 atom stereocenters. The van der Waals surface area contributed by atoms with Crippen molar-refractivity contribution < 1.29 is 23.6 Å². The van der Waals surface area contributed by atoms with Gasteiger partial charge in [0.2, 0.25) is 11.6 Å². The molecule has 4 saturated heterocycles. The second-order valence-corrected chi connectivity index (χ2v) is 18.5. The molecule has 314 valence electrons. The van der Waals surface area contributed by atoms with E-state index in [0.29, 0.717) is 24.7 Å². The number of nitrogens with one attached hydrogen (secondary N) is 2. The van der Waals surface area contributed by atoms with E-state index >= 15 is 0 Å². The molecule has 58 heavy (non-hydrogen) atoms. The van der Waals surface area contributed by atoms with Gasteiger partial charge in [0, 0.05) is 82.8 Å². The number of rotatable bonds is 12. The summed E-state index contributed by atoms with van der Waals surface area (Å²) in [5, 5.41) is 5.17. The van der Waals surface area contributed by atoms with Crippen LogP contribution in [0.2, 0.25) is 5.02 Å². The summed E-state index contributed by atoms with van der Waals surface area (Å²) in [6.45, 7) is 16.1. The van der Waals surface area contributed by atoms with E-state index in [-0.39, 0.29) is 17.5 Å². The molecule has 14 heteroatoms. The second kappa shape index (κ2) is 17.9. The topological polar surface area (TPSA) is 122 Å². The Hall–Kier alpha value is -3.62. The van der Waals surface area contributed by atoms with Crippen LogP contribution < -0.4 is 10.2 Å². The fraction of sp³-hybridized carbons (Fsp3) is 0.659. The Morgan fingerprint density at radius 2 is 1.60 bits per heavy atom. The maximum atomic E-state index is 13.7. The molecule has 5 aliphatic heterocycles. The van der Waals surface area contributed by atoms with E-state index in [2.05, 4.69) is 52.0 Å². The monoisotopic (exact) mass is 816 g/mol. The number of H-pyrrole nitrogens is 1. The largest absolute Gasteiger partial charge is 0.598 e. The van der Waals surface area contributed by atoms with Gasteiger partial charge in [-0.2, -0.15) is 4.79 Å². The van der Waals surface area contributed by atoms with Gasteiger partial charge in [-0.25, -0.2) is 9.97 Å². The zero-order chi connectivity index (χ0) is 40.3. The van der Waals surface area contributed by atoms with Gasteiger partial charge < -0.3 is 29.6 Å². The predicted octanol–water partition coefficient (Wildman–Crippen LogP) is 5.68. The molecule has 3 aromatic rings. The number of nitrogens with zero attached hydrogens (tertiary/aromatic N) is 7. The van der Waals surface area contributed by atoms with Gasteiger partial charge in [0.05, 0.1) is 24.1 Å². The van der Waals surface area contributed by atoms with Crippen LogP contribution in [0.15, 0.2) is 42.9 Å². The molecule has 0 aliphatic carbocycles. The molecule has 1 aromatic carbocycles. The van der Waals surface area contributed by atoms with Crippen molar-refractivity contribution in [2.24, 2.45) is 0 Å². The van der Waals surface area contributed by atoms with Crippen LogP contribution in [0.4, 0.5) is 10.6 Å².